The number of likely N-dealkylation sites (tertiary alicyclic amines) is 1. The fourth-order valence-electron chi connectivity index (χ4n) is 5.48. The first-order valence-electron chi connectivity index (χ1n) is 12.2. The number of nitrogens with zero attached hydrogens (tertiary/aromatic N) is 2. The van der Waals surface area contributed by atoms with Crippen LogP contribution >= 0.6 is 0 Å². The lowest BCUT2D eigenvalue weighted by atomic mass is 9.78. The zero-order chi connectivity index (χ0) is 23.5. The third kappa shape index (κ3) is 4.57. The molecule has 0 radical (unpaired) electrons. The molecule has 34 heavy (non-hydrogen) atoms. The normalized spacial score (nSPS) is 22.7. The molecule has 2 heterocycles. The Balaban J connectivity index is 1.16. The van der Waals surface area contributed by atoms with Gasteiger partial charge in [0.2, 0.25) is 11.7 Å². The van der Waals surface area contributed by atoms with Gasteiger partial charge in [-0.15, -0.1) is 0 Å². The Labute approximate surface area is 199 Å². The van der Waals surface area contributed by atoms with Crippen molar-refractivity contribution in [3.63, 3.8) is 0 Å². The average molecular weight is 462 g/mol. The lowest BCUT2D eigenvalue weighted by molar-refractivity contribution is -0.138. The summed E-state index contributed by atoms with van der Waals surface area (Å²) >= 11 is 0. The monoisotopic (exact) mass is 461 g/mol. The standard InChI is InChI=1S/C27H31N3O4/c1-33-17-22-5-4-16-30(22)27(32)20-10-8-18(9-11-20)19-12-14-21(15-13-19)28-26(31)25-23-6-2-3-7-24(23)29-34-25/h2-3,6-7,12-15,18,20,22H,4-5,8-11,16-17H2,1H3,(H,28,31). The van der Waals surface area contributed by atoms with E-state index in [2.05, 4.69) is 27.5 Å². The average Bonchev–Trinajstić information content (AvgIpc) is 3.52. The van der Waals surface area contributed by atoms with Gasteiger partial charge in [-0.1, -0.05) is 29.4 Å². The lowest BCUT2D eigenvalue weighted by Gasteiger charge is -2.33. The summed E-state index contributed by atoms with van der Waals surface area (Å²) in [5.41, 5.74) is 2.64. The largest absolute Gasteiger partial charge is 0.383 e. The van der Waals surface area contributed by atoms with Crippen LogP contribution < -0.4 is 5.32 Å². The van der Waals surface area contributed by atoms with Crippen molar-refractivity contribution < 1.29 is 18.8 Å². The molecule has 3 aromatic rings. The number of benzene rings is 2. The summed E-state index contributed by atoms with van der Waals surface area (Å²) in [4.78, 5) is 27.8. The number of methoxy groups -OCH3 is 1. The Bertz CT molecular complexity index is 1150. The van der Waals surface area contributed by atoms with Crippen LogP contribution in [0.15, 0.2) is 53.1 Å². The molecule has 1 aliphatic heterocycles. The maximum atomic E-state index is 13.1. The van der Waals surface area contributed by atoms with Gasteiger partial charge in [-0.2, -0.15) is 0 Å². The smallest absolute Gasteiger partial charge is 0.294 e. The number of hydrogen-bond donors (Lipinski definition) is 1. The molecular formula is C27H31N3O4. The highest BCUT2D eigenvalue weighted by Gasteiger charge is 2.35. The maximum absolute atomic E-state index is 13.1. The second-order valence-electron chi connectivity index (χ2n) is 9.44. The van der Waals surface area contributed by atoms with E-state index >= 15 is 0 Å². The van der Waals surface area contributed by atoms with Gasteiger partial charge < -0.3 is 19.5 Å². The van der Waals surface area contributed by atoms with Crippen LogP contribution in [-0.2, 0) is 9.53 Å². The Morgan fingerprint density at radius 3 is 2.59 bits per heavy atom. The van der Waals surface area contributed by atoms with Crippen LogP contribution in [0, 0.1) is 5.92 Å². The summed E-state index contributed by atoms with van der Waals surface area (Å²) in [6, 6.07) is 15.6. The van der Waals surface area contributed by atoms with E-state index in [1.165, 1.54) is 5.56 Å². The molecule has 0 bridgehead atoms. The SMILES string of the molecule is COCC1CCCN1C(=O)C1CCC(c2ccc(NC(=O)c3onc4ccccc34)cc2)CC1. The van der Waals surface area contributed by atoms with Crippen LogP contribution in [0.25, 0.3) is 10.9 Å². The minimum absolute atomic E-state index is 0.129. The fourth-order valence-corrected chi connectivity index (χ4v) is 5.48. The molecule has 1 saturated carbocycles. The molecule has 1 saturated heterocycles. The van der Waals surface area contributed by atoms with Crippen LogP contribution in [0.1, 0.15) is 60.6 Å². The van der Waals surface area contributed by atoms with Crippen LogP contribution in [0.3, 0.4) is 0 Å². The predicted octanol–water partition coefficient (Wildman–Crippen LogP) is 4.99. The van der Waals surface area contributed by atoms with Crippen LogP contribution in [-0.4, -0.2) is 48.2 Å². The van der Waals surface area contributed by atoms with Crippen molar-refractivity contribution in [3.8, 4) is 0 Å². The second-order valence-corrected chi connectivity index (χ2v) is 9.44. The summed E-state index contributed by atoms with van der Waals surface area (Å²) in [5.74, 6) is 0.794. The summed E-state index contributed by atoms with van der Waals surface area (Å²) < 4.78 is 10.6. The zero-order valence-corrected chi connectivity index (χ0v) is 19.5. The Morgan fingerprint density at radius 2 is 1.82 bits per heavy atom. The Morgan fingerprint density at radius 1 is 1.06 bits per heavy atom. The molecule has 0 spiro atoms. The number of fused-ring (bicyclic) bond motifs is 1. The molecule has 7 nitrogen and oxygen atoms in total. The molecule has 1 aromatic heterocycles. The molecule has 1 N–H and O–H groups in total. The molecule has 5 rings (SSSR count). The molecule has 2 aromatic carbocycles. The maximum Gasteiger partial charge on any atom is 0.294 e. The van der Waals surface area contributed by atoms with E-state index in [1.54, 1.807) is 7.11 Å². The van der Waals surface area contributed by atoms with Crippen LogP contribution in [0.2, 0.25) is 0 Å². The third-order valence-corrected chi connectivity index (χ3v) is 7.33. The van der Waals surface area contributed by atoms with Gasteiger partial charge in [0, 0.05) is 25.3 Å². The number of nitrogens with one attached hydrogen (secondary N) is 1. The van der Waals surface area contributed by atoms with Gasteiger partial charge >= 0.3 is 0 Å². The number of amides is 2. The highest BCUT2D eigenvalue weighted by Crippen LogP contribution is 2.37. The second kappa shape index (κ2) is 9.97. The van der Waals surface area contributed by atoms with Crippen LogP contribution in [0.4, 0.5) is 5.69 Å². The van der Waals surface area contributed by atoms with Gasteiger partial charge in [-0.05, 0) is 74.3 Å². The quantitative estimate of drug-likeness (QED) is 0.559. The van der Waals surface area contributed by atoms with E-state index in [0.717, 1.165) is 50.8 Å². The first-order chi connectivity index (χ1) is 16.6. The van der Waals surface area contributed by atoms with Crippen molar-refractivity contribution in [3.05, 3.63) is 59.9 Å². The molecule has 1 atom stereocenters. The molecule has 1 aliphatic carbocycles. The molecule has 178 valence electrons. The number of anilines is 1. The van der Waals surface area contributed by atoms with E-state index < -0.39 is 0 Å². The van der Waals surface area contributed by atoms with Crippen molar-refractivity contribution in [2.75, 3.05) is 25.6 Å². The number of hydrogen-bond acceptors (Lipinski definition) is 5. The molecule has 2 fully saturated rings. The summed E-state index contributed by atoms with van der Waals surface area (Å²) in [5, 5.41) is 7.55. The summed E-state index contributed by atoms with van der Waals surface area (Å²) in [6.45, 7) is 1.50. The van der Waals surface area contributed by atoms with E-state index in [-0.39, 0.29) is 23.6 Å². The van der Waals surface area contributed by atoms with E-state index in [0.29, 0.717) is 29.3 Å². The lowest BCUT2D eigenvalue weighted by Crippen LogP contribution is -2.42. The first kappa shape index (κ1) is 22.6. The van der Waals surface area contributed by atoms with Gasteiger partial charge in [0.1, 0.15) is 5.52 Å². The summed E-state index contributed by atoms with van der Waals surface area (Å²) in [6.07, 6.45) is 5.99. The molecule has 1 unspecified atom stereocenters. The Hall–Kier alpha value is -3.19. The predicted molar refractivity (Wildman–Crippen MR) is 130 cm³/mol. The van der Waals surface area contributed by atoms with Gasteiger partial charge in [-0.3, -0.25) is 9.59 Å². The van der Waals surface area contributed by atoms with Gasteiger partial charge in [0.25, 0.3) is 5.91 Å². The van der Waals surface area contributed by atoms with E-state index in [4.69, 9.17) is 9.26 Å². The molecule has 2 amide bonds. The minimum Gasteiger partial charge on any atom is -0.383 e. The van der Waals surface area contributed by atoms with Gasteiger partial charge in [0.15, 0.2) is 0 Å². The topological polar surface area (TPSA) is 84.7 Å². The number of rotatable bonds is 6. The first-order valence-corrected chi connectivity index (χ1v) is 12.2. The van der Waals surface area contributed by atoms with Crippen molar-refractivity contribution in [2.24, 2.45) is 5.92 Å². The fraction of sp³-hybridized carbons (Fsp3) is 0.444. The third-order valence-electron chi connectivity index (χ3n) is 7.33. The number of carbonyl (C=O) groups is 2. The van der Waals surface area contributed by atoms with E-state index in [9.17, 15) is 9.59 Å². The Kier molecular flexibility index (Phi) is 6.63. The number of aromatic nitrogens is 1. The highest BCUT2D eigenvalue weighted by molar-refractivity contribution is 6.10. The molecule has 7 heteroatoms. The van der Waals surface area contributed by atoms with Crippen molar-refractivity contribution in [1.29, 1.82) is 0 Å². The number of ether oxygens (including phenoxy) is 1. The molecule has 2 aliphatic rings. The van der Waals surface area contributed by atoms with Crippen molar-refractivity contribution in [1.82, 2.24) is 10.1 Å². The molecular weight excluding hydrogens is 430 g/mol. The van der Waals surface area contributed by atoms with Crippen LogP contribution in [0.5, 0.6) is 0 Å². The minimum atomic E-state index is -0.311. The van der Waals surface area contributed by atoms with E-state index in [1.807, 2.05) is 36.4 Å². The summed E-state index contributed by atoms with van der Waals surface area (Å²) in [7, 11) is 1.71. The zero-order valence-electron chi connectivity index (χ0n) is 19.5. The van der Waals surface area contributed by atoms with Gasteiger partial charge in [-0.25, -0.2) is 0 Å². The van der Waals surface area contributed by atoms with Crippen molar-refractivity contribution in [2.45, 2.75) is 50.5 Å². The van der Waals surface area contributed by atoms with Gasteiger partial charge in [0.05, 0.1) is 18.0 Å². The number of carbonyl (C=O) groups excluding carboxylic acids is 2. The van der Waals surface area contributed by atoms with Crippen molar-refractivity contribution >= 4 is 28.4 Å². The highest BCUT2D eigenvalue weighted by atomic mass is 16.5.